The first-order valence-electron chi connectivity index (χ1n) is 6.56. The van der Waals surface area contributed by atoms with Crippen LogP contribution < -0.4 is 10.2 Å². The summed E-state index contributed by atoms with van der Waals surface area (Å²) in [6.07, 6.45) is 0. The van der Waals surface area contributed by atoms with Crippen molar-refractivity contribution in [1.29, 1.82) is 0 Å². The number of anilines is 2. The third-order valence-electron chi connectivity index (χ3n) is 3.09. The van der Waals surface area contributed by atoms with Gasteiger partial charge in [-0.25, -0.2) is 0 Å². The summed E-state index contributed by atoms with van der Waals surface area (Å²) in [5, 5.41) is 3.36. The highest BCUT2D eigenvalue weighted by Crippen LogP contribution is 2.18. The van der Waals surface area contributed by atoms with Crippen LogP contribution in [0.25, 0.3) is 0 Å². The van der Waals surface area contributed by atoms with Crippen molar-refractivity contribution in [3.8, 4) is 0 Å². The number of benzene rings is 1. The number of hydrogen-bond donors (Lipinski definition) is 1. The van der Waals surface area contributed by atoms with E-state index in [1.165, 1.54) is 5.69 Å². The van der Waals surface area contributed by atoms with Crippen LogP contribution in [0.5, 0.6) is 0 Å². The zero-order valence-corrected chi connectivity index (χ0v) is 13.5. The monoisotopic (exact) mass is 370 g/mol. The summed E-state index contributed by atoms with van der Waals surface area (Å²) >= 11 is 2.17. The normalized spacial score (nSPS) is 10.5. The van der Waals surface area contributed by atoms with Gasteiger partial charge in [0.25, 0.3) is 0 Å². The minimum atomic E-state index is 0.716. The summed E-state index contributed by atoms with van der Waals surface area (Å²) in [6, 6.07) is 12.5. The summed E-state index contributed by atoms with van der Waals surface area (Å²) in [7, 11) is 0. The smallest absolute Gasteiger partial charge is 0.164 e. The van der Waals surface area contributed by atoms with Gasteiger partial charge >= 0.3 is 0 Å². The molecular formula is C15H19IN2O. The van der Waals surface area contributed by atoms with Crippen molar-refractivity contribution >= 4 is 34.0 Å². The molecule has 0 radical (unpaired) electrons. The topological polar surface area (TPSA) is 28.4 Å². The lowest BCUT2D eigenvalue weighted by Crippen LogP contribution is -2.21. The Hall–Kier alpha value is -1.17. The Bertz CT molecular complexity index is 503. The van der Waals surface area contributed by atoms with Crippen molar-refractivity contribution in [2.75, 3.05) is 23.3 Å². The van der Waals surface area contributed by atoms with Crippen molar-refractivity contribution in [1.82, 2.24) is 0 Å². The van der Waals surface area contributed by atoms with Crippen LogP contribution in [0.1, 0.15) is 19.6 Å². The van der Waals surface area contributed by atoms with E-state index < -0.39 is 0 Å². The highest BCUT2D eigenvalue weighted by molar-refractivity contribution is 14.1. The van der Waals surface area contributed by atoms with Crippen LogP contribution in [0.15, 0.2) is 40.8 Å². The molecule has 4 heteroatoms. The predicted octanol–water partition coefficient (Wildman–Crippen LogP) is 4.34. The van der Waals surface area contributed by atoms with Crippen molar-refractivity contribution in [3.63, 3.8) is 0 Å². The van der Waals surface area contributed by atoms with Crippen LogP contribution in [0.4, 0.5) is 11.4 Å². The first-order valence-corrected chi connectivity index (χ1v) is 7.64. The molecule has 2 rings (SSSR count). The molecule has 2 aromatic rings. The minimum Gasteiger partial charge on any atom is -0.454 e. The molecule has 0 fully saturated rings. The van der Waals surface area contributed by atoms with Crippen LogP contribution in [0.3, 0.4) is 0 Å². The Morgan fingerprint density at radius 1 is 1.05 bits per heavy atom. The number of nitrogens with zero attached hydrogens (tertiary/aromatic N) is 1. The Kier molecular flexibility index (Phi) is 5.13. The van der Waals surface area contributed by atoms with Gasteiger partial charge in [-0.15, -0.1) is 0 Å². The van der Waals surface area contributed by atoms with Crippen molar-refractivity contribution in [3.05, 3.63) is 45.9 Å². The first kappa shape index (κ1) is 14.2. The van der Waals surface area contributed by atoms with Crippen LogP contribution in [-0.2, 0) is 6.54 Å². The molecule has 0 unspecified atom stereocenters. The van der Waals surface area contributed by atoms with E-state index in [2.05, 4.69) is 70.9 Å². The van der Waals surface area contributed by atoms with Gasteiger partial charge in [-0.3, -0.25) is 0 Å². The number of furan rings is 1. The molecule has 0 spiro atoms. The second-order valence-corrected chi connectivity index (χ2v) is 5.34. The minimum absolute atomic E-state index is 0.716. The second kappa shape index (κ2) is 6.84. The first-order chi connectivity index (χ1) is 9.22. The maximum Gasteiger partial charge on any atom is 0.164 e. The van der Waals surface area contributed by atoms with E-state index in [1.54, 1.807) is 0 Å². The lowest BCUT2D eigenvalue weighted by Gasteiger charge is -2.21. The Balaban J connectivity index is 1.95. The van der Waals surface area contributed by atoms with E-state index in [0.29, 0.717) is 6.54 Å². The van der Waals surface area contributed by atoms with Gasteiger partial charge in [0.05, 0.1) is 6.54 Å². The molecule has 0 atom stereocenters. The molecule has 0 aliphatic heterocycles. The Morgan fingerprint density at radius 3 is 2.26 bits per heavy atom. The molecule has 102 valence electrons. The quantitative estimate of drug-likeness (QED) is 0.767. The predicted molar refractivity (Wildman–Crippen MR) is 88.8 cm³/mol. The van der Waals surface area contributed by atoms with Gasteiger partial charge in [-0.2, -0.15) is 0 Å². The van der Waals surface area contributed by atoms with Gasteiger partial charge < -0.3 is 14.6 Å². The molecule has 0 aliphatic rings. The molecule has 1 aromatic carbocycles. The average molecular weight is 370 g/mol. The van der Waals surface area contributed by atoms with E-state index in [9.17, 15) is 0 Å². The Labute approximate surface area is 128 Å². The maximum absolute atomic E-state index is 5.52. The van der Waals surface area contributed by atoms with Gasteiger partial charge in [0, 0.05) is 24.5 Å². The lowest BCUT2D eigenvalue weighted by molar-refractivity contribution is 0.493. The maximum atomic E-state index is 5.52. The van der Waals surface area contributed by atoms with E-state index in [1.807, 2.05) is 12.1 Å². The fraction of sp³-hybridized carbons (Fsp3) is 0.333. The van der Waals surface area contributed by atoms with E-state index >= 15 is 0 Å². The SMILES string of the molecule is CCN(CC)c1ccc(NCc2ccc(I)o2)cc1. The highest BCUT2D eigenvalue weighted by atomic mass is 127. The van der Waals surface area contributed by atoms with E-state index in [4.69, 9.17) is 4.42 Å². The zero-order valence-electron chi connectivity index (χ0n) is 11.3. The van der Waals surface area contributed by atoms with Gasteiger partial charge in [0.1, 0.15) is 5.76 Å². The van der Waals surface area contributed by atoms with Gasteiger partial charge in [-0.05, 0) is 72.8 Å². The second-order valence-electron chi connectivity index (χ2n) is 4.28. The molecule has 1 N–H and O–H groups in total. The van der Waals surface area contributed by atoms with Crippen molar-refractivity contribution < 1.29 is 4.42 Å². The van der Waals surface area contributed by atoms with Crippen LogP contribution in [0, 0.1) is 3.77 Å². The fourth-order valence-corrected chi connectivity index (χ4v) is 2.48. The van der Waals surface area contributed by atoms with Crippen LogP contribution in [0.2, 0.25) is 0 Å². The molecule has 0 saturated carbocycles. The van der Waals surface area contributed by atoms with Crippen LogP contribution >= 0.6 is 22.6 Å². The number of nitrogens with one attached hydrogen (secondary N) is 1. The highest BCUT2D eigenvalue weighted by Gasteiger charge is 2.02. The molecule has 3 nitrogen and oxygen atoms in total. The fourth-order valence-electron chi connectivity index (χ4n) is 2.01. The molecule has 0 aliphatic carbocycles. The largest absolute Gasteiger partial charge is 0.454 e. The van der Waals surface area contributed by atoms with Gasteiger partial charge in [-0.1, -0.05) is 0 Å². The zero-order chi connectivity index (χ0) is 13.7. The molecule has 19 heavy (non-hydrogen) atoms. The van der Waals surface area contributed by atoms with E-state index in [-0.39, 0.29) is 0 Å². The third kappa shape index (κ3) is 3.89. The number of rotatable bonds is 6. The molecule has 0 bridgehead atoms. The Morgan fingerprint density at radius 2 is 1.74 bits per heavy atom. The third-order valence-corrected chi connectivity index (χ3v) is 3.67. The van der Waals surface area contributed by atoms with E-state index in [0.717, 1.165) is 28.3 Å². The van der Waals surface area contributed by atoms with Crippen LogP contribution in [-0.4, -0.2) is 13.1 Å². The summed E-state index contributed by atoms with van der Waals surface area (Å²) in [4.78, 5) is 2.33. The molecular weight excluding hydrogens is 351 g/mol. The van der Waals surface area contributed by atoms with Crippen molar-refractivity contribution in [2.24, 2.45) is 0 Å². The van der Waals surface area contributed by atoms with Gasteiger partial charge in [0.15, 0.2) is 3.77 Å². The molecule has 0 amide bonds. The molecule has 1 heterocycles. The van der Waals surface area contributed by atoms with Gasteiger partial charge in [0.2, 0.25) is 0 Å². The summed E-state index contributed by atoms with van der Waals surface area (Å²) in [5.74, 6) is 0.956. The average Bonchev–Trinajstić information content (AvgIpc) is 2.85. The number of hydrogen-bond acceptors (Lipinski definition) is 3. The summed E-state index contributed by atoms with van der Waals surface area (Å²) in [5.41, 5.74) is 2.38. The summed E-state index contributed by atoms with van der Waals surface area (Å²) < 4.78 is 6.44. The standard InChI is InChI=1S/C15H19IN2O/c1-3-18(4-2)13-7-5-12(6-8-13)17-11-14-9-10-15(16)19-14/h5-10,17H,3-4,11H2,1-2H3. The molecule has 1 aromatic heterocycles. The lowest BCUT2D eigenvalue weighted by atomic mass is 10.2. The van der Waals surface area contributed by atoms with Crippen molar-refractivity contribution in [2.45, 2.75) is 20.4 Å². The molecule has 0 saturated heterocycles. The number of halogens is 1. The summed E-state index contributed by atoms with van der Waals surface area (Å²) in [6.45, 7) is 7.14.